The maximum Gasteiger partial charge on any atom is 0.254 e. The van der Waals surface area contributed by atoms with E-state index >= 15 is 0 Å². The molecule has 2 heterocycles. The van der Waals surface area contributed by atoms with Gasteiger partial charge in [-0.25, -0.2) is 0 Å². The van der Waals surface area contributed by atoms with Crippen LogP contribution in [0.2, 0.25) is 0 Å². The van der Waals surface area contributed by atoms with Gasteiger partial charge in [-0.2, -0.15) is 0 Å². The molecule has 0 unspecified atom stereocenters. The van der Waals surface area contributed by atoms with Gasteiger partial charge in [-0.15, -0.1) is 0 Å². The standard InChI is InChI=1S/C22H24N4O/c27-22(19-6-7-20-21(14-19)25-13-12-24-20)26(15-17-4-2-1-3-5-17)16-18-8-10-23-11-9-18/h6-14,17H,1-5,15-16H2. The zero-order valence-electron chi connectivity index (χ0n) is 15.4. The van der Waals surface area contributed by atoms with Crippen molar-refractivity contribution < 1.29 is 4.79 Å². The Hall–Kier alpha value is -2.82. The topological polar surface area (TPSA) is 59.0 Å². The van der Waals surface area contributed by atoms with Crippen LogP contribution in [0.3, 0.4) is 0 Å². The molecule has 1 saturated carbocycles. The molecule has 1 aliphatic rings. The molecule has 5 nitrogen and oxygen atoms in total. The van der Waals surface area contributed by atoms with Crippen molar-refractivity contribution in [3.8, 4) is 0 Å². The first-order chi connectivity index (χ1) is 13.3. The molecule has 0 radical (unpaired) electrons. The van der Waals surface area contributed by atoms with Crippen molar-refractivity contribution in [2.75, 3.05) is 6.54 Å². The summed E-state index contributed by atoms with van der Waals surface area (Å²) in [5, 5.41) is 0. The quantitative estimate of drug-likeness (QED) is 0.682. The molecule has 0 spiro atoms. The molecule has 0 N–H and O–H groups in total. The molecule has 0 bridgehead atoms. The number of fused-ring (bicyclic) bond motifs is 1. The van der Waals surface area contributed by atoms with Crippen LogP contribution in [0, 0.1) is 5.92 Å². The molecule has 5 heteroatoms. The smallest absolute Gasteiger partial charge is 0.254 e. The molecule has 0 saturated heterocycles. The first kappa shape index (κ1) is 17.6. The molecule has 3 aromatic rings. The van der Waals surface area contributed by atoms with E-state index in [2.05, 4.69) is 15.0 Å². The molecule has 1 amide bonds. The molecule has 2 aromatic heterocycles. The van der Waals surface area contributed by atoms with E-state index in [9.17, 15) is 4.79 Å². The fourth-order valence-electron chi connectivity index (χ4n) is 3.89. The van der Waals surface area contributed by atoms with Gasteiger partial charge in [0.2, 0.25) is 0 Å². The lowest BCUT2D eigenvalue weighted by Gasteiger charge is -2.30. The maximum absolute atomic E-state index is 13.3. The van der Waals surface area contributed by atoms with Gasteiger partial charge >= 0.3 is 0 Å². The average Bonchev–Trinajstić information content (AvgIpc) is 2.74. The van der Waals surface area contributed by atoms with Crippen molar-refractivity contribution in [3.63, 3.8) is 0 Å². The van der Waals surface area contributed by atoms with Gasteiger partial charge in [0.15, 0.2) is 0 Å². The predicted octanol–water partition coefficient (Wildman–Crippen LogP) is 4.25. The molecule has 1 aliphatic carbocycles. The lowest BCUT2D eigenvalue weighted by molar-refractivity contribution is 0.0699. The number of amides is 1. The van der Waals surface area contributed by atoms with Crippen LogP contribution in [0.25, 0.3) is 11.0 Å². The number of nitrogens with zero attached hydrogens (tertiary/aromatic N) is 4. The van der Waals surface area contributed by atoms with Crippen LogP contribution in [0.1, 0.15) is 48.0 Å². The molecule has 1 aromatic carbocycles. The summed E-state index contributed by atoms with van der Waals surface area (Å²) in [5.41, 5.74) is 3.34. The highest BCUT2D eigenvalue weighted by atomic mass is 16.2. The van der Waals surface area contributed by atoms with Gasteiger partial charge in [0.25, 0.3) is 5.91 Å². The van der Waals surface area contributed by atoms with Crippen molar-refractivity contribution >= 4 is 16.9 Å². The Labute approximate surface area is 159 Å². The Morgan fingerprint density at radius 3 is 2.44 bits per heavy atom. The average molecular weight is 360 g/mol. The summed E-state index contributed by atoms with van der Waals surface area (Å²) in [4.78, 5) is 28.0. The summed E-state index contributed by atoms with van der Waals surface area (Å²) >= 11 is 0. The van der Waals surface area contributed by atoms with Crippen LogP contribution in [0.5, 0.6) is 0 Å². The first-order valence-corrected chi connectivity index (χ1v) is 9.68. The van der Waals surface area contributed by atoms with Gasteiger partial charge in [0.05, 0.1) is 11.0 Å². The Morgan fingerprint density at radius 2 is 1.67 bits per heavy atom. The Morgan fingerprint density at radius 1 is 0.926 bits per heavy atom. The van der Waals surface area contributed by atoms with E-state index < -0.39 is 0 Å². The number of carbonyl (C=O) groups excluding carboxylic acids is 1. The minimum Gasteiger partial charge on any atom is -0.334 e. The summed E-state index contributed by atoms with van der Waals surface area (Å²) < 4.78 is 0. The molecule has 0 atom stereocenters. The molecule has 0 aliphatic heterocycles. The van der Waals surface area contributed by atoms with Crippen molar-refractivity contribution in [1.82, 2.24) is 19.9 Å². The third-order valence-electron chi connectivity index (χ3n) is 5.33. The molecule has 138 valence electrons. The van der Waals surface area contributed by atoms with Gasteiger partial charge in [-0.1, -0.05) is 19.3 Å². The number of hydrogen-bond donors (Lipinski definition) is 0. The lowest BCUT2D eigenvalue weighted by atomic mass is 9.88. The van der Waals surface area contributed by atoms with E-state index in [4.69, 9.17) is 0 Å². The van der Waals surface area contributed by atoms with Gasteiger partial charge in [-0.3, -0.25) is 19.7 Å². The van der Waals surface area contributed by atoms with Gasteiger partial charge in [-0.05, 0) is 54.7 Å². The van der Waals surface area contributed by atoms with Crippen LogP contribution in [-0.4, -0.2) is 32.3 Å². The zero-order chi connectivity index (χ0) is 18.5. The van der Waals surface area contributed by atoms with Gasteiger partial charge in [0.1, 0.15) is 0 Å². The summed E-state index contributed by atoms with van der Waals surface area (Å²) in [6, 6.07) is 9.55. The van der Waals surface area contributed by atoms with Gasteiger partial charge < -0.3 is 4.90 Å². The van der Waals surface area contributed by atoms with Crippen LogP contribution in [0.4, 0.5) is 0 Å². The number of hydrogen-bond acceptors (Lipinski definition) is 4. The summed E-state index contributed by atoms with van der Waals surface area (Å²) in [7, 11) is 0. The largest absolute Gasteiger partial charge is 0.334 e. The zero-order valence-corrected chi connectivity index (χ0v) is 15.4. The number of aromatic nitrogens is 3. The third-order valence-corrected chi connectivity index (χ3v) is 5.33. The minimum atomic E-state index is 0.0601. The van der Waals surface area contributed by atoms with Gasteiger partial charge in [0, 0.05) is 43.4 Å². The fraction of sp³-hybridized carbons (Fsp3) is 0.364. The second-order valence-electron chi connectivity index (χ2n) is 7.31. The van der Waals surface area contributed by atoms with Crippen LogP contribution >= 0.6 is 0 Å². The van der Waals surface area contributed by atoms with Crippen molar-refractivity contribution in [3.05, 3.63) is 66.2 Å². The minimum absolute atomic E-state index is 0.0601. The van der Waals surface area contributed by atoms with E-state index in [-0.39, 0.29) is 5.91 Å². The molecular formula is C22H24N4O. The van der Waals surface area contributed by atoms with E-state index in [0.717, 1.165) is 23.1 Å². The molecular weight excluding hydrogens is 336 g/mol. The maximum atomic E-state index is 13.3. The highest BCUT2D eigenvalue weighted by Gasteiger charge is 2.22. The SMILES string of the molecule is O=C(c1ccc2nccnc2c1)N(Cc1ccncc1)CC1CCCCC1. The number of pyridine rings is 1. The molecule has 4 rings (SSSR count). The van der Waals surface area contributed by atoms with Crippen LogP contribution in [0.15, 0.2) is 55.1 Å². The van der Waals surface area contributed by atoms with E-state index in [1.807, 2.05) is 35.2 Å². The van der Waals surface area contributed by atoms with Crippen molar-refractivity contribution in [2.45, 2.75) is 38.6 Å². The highest BCUT2D eigenvalue weighted by Crippen LogP contribution is 2.26. The third kappa shape index (κ3) is 4.30. The monoisotopic (exact) mass is 360 g/mol. The first-order valence-electron chi connectivity index (χ1n) is 9.68. The Kier molecular flexibility index (Phi) is 5.37. The van der Waals surface area contributed by atoms with Crippen LogP contribution < -0.4 is 0 Å². The second-order valence-corrected chi connectivity index (χ2v) is 7.31. The summed E-state index contributed by atoms with van der Waals surface area (Å²) in [6.07, 6.45) is 13.2. The van der Waals surface area contributed by atoms with E-state index in [1.165, 1.54) is 32.1 Å². The normalized spacial score (nSPS) is 15.0. The second kappa shape index (κ2) is 8.25. The highest BCUT2D eigenvalue weighted by molar-refractivity contribution is 5.97. The lowest BCUT2D eigenvalue weighted by Crippen LogP contribution is -2.35. The number of carbonyl (C=O) groups is 1. The summed E-state index contributed by atoms with van der Waals surface area (Å²) in [6.45, 7) is 1.41. The van der Waals surface area contributed by atoms with Crippen molar-refractivity contribution in [1.29, 1.82) is 0 Å². The molecule has 1 fully saturated rings. The predicted molar refractivity (Wildman–Crippen MR) is 105 cm³/mol. The van der Waals surface area contributed by atoms with E-state index in [0.29, 0.717) is 18.0 Å². The summed E-state index contributed by atoms with van der Waals surface area (Å²) in [5.74, 6) is 0.648. The fourth-order valence-corrected chi connectivity index (χ4v) is 3.89. The van der Waals surface area contributed by atoms with Crippen LogP contribution in [-0.2, 0) is 6.54 Å². The van der Waals surface area contributed by atoms with Crippen molar-refractivity contribution in [2.24, 2.45) is 5.92 Å². The number of rotatable bonds is 5. The number of benzene rings is 1. The molecule has 27 heavy (non-hydrogen) atoms. The van der Waals surface area contributed by atoms with E-state index in [1.54, 1.807) is 24.8 Å². The Bertz CT molecular complexity index is 906. The Balaban J connectivity index is 1.59.